The molecule has 21 heavy (non-hydrogen) atoms. The van der Waals surface area contributed by atoms with E-state index in [1.807, 2.05) is 11.8 Å². The van der Waals surface area contributed by atoms with Gasteiger partial charge in [0.25, 0.3) is 0 Å². The summed E-state index contributed by atoms with van der Waals surface area (Å²) in [7, 11) is 0. The first-order valence-electron chi connectivity index (χ1n) is 8.13. The SMILES string of the molecule is CCNC(=O)CN1CCN(C(=O)[C@@H]2CCC[C@@H]2CN)CC1. The zero-order valence-electron chi connectivity index (χ0n) is 13.0. The number of piperazine rings is 1. The second-order valence-electron chi connectivity index (χ2n) is 6.09. The molecule has 2 atom stereocenters. The van der Waals surface area contributed by atoms with Crippen LogP contribution in [0.4, 0.5) is 0 Å². The first-order valence-corrected chi connectivity index (χ1v) is 8.13. The lowest BCUT2D eigenvalue weighted by Crippen LogP contribution is -2.52. The Kier molecular flexibility index (Phi) is 5.99. The maximum atomic E-state index is 12.6. The van der Waals surface area contributed by atoms with Gasteiger partial charge >= 0.3 is 0 Å². The second-order valence-corrected chi connectivity index (χ2v) is 6.09. The van der Waals surface area contributed by atoms with E-state index in [-0.39, 0.29) is 17.7 Å². The van der Waals surface area contributed by atoms with Crippen molar-refractivity contribution < 1.29 is 9.59 Å². The third kappa shape index (κ3) is 4.17. The summed E-state index contributed by atoms with van der Waals surface area (Å²) in [5.74, 6) is 0.840. The standard InChI is InChI=1S/C15H28N4O2/c1-2-17-14(20)11-18-6-8-19(9-7-18)15(21)13-5-3-4-12(13)10-16/h12-13H,2-11,16H2,1H3,(H,17,20)/t12-,13-/m1/s1. The molecule has 120 valence electrons. The van der Waals surface area contributed by atoms with Crippen molar-refractivity contribution in [1.82, 2.24) is 15.1 Å². The van der Waals surface area contributed by atoms with E-state index in [0.29, 0.717) is 25.6 Å². The van der Waals surface area contributed by atoms with Crippen molar-refractivity contribution in [3.63, 3.8) is 0 Å². The molecule has 0 radical (unpaired) electrons. The summed E-state index contributed by atoms with van der Waals surface area (Å²) in [4.78, 5) is 28.2. The van der Waals surface area contributed by atoms with Crippen LogP contribution in [-0.2, 0) is 9.59 Å². The van der Waals surface area contributed by atoms with Gasteiger partial charge in [0.15, 0.2) is 0 Å². The highest BCUT2D eigenvalue weighted by Crippen LogP contribution is 2.32. The quantitative estimate of drug-likeness (QED) is 0.726. The van der Waals surface area contributed by atoms with E-state index in [1.54, 1.807) is 0 Å². The predicted molar refractivity (Wildman–Crippen MR) is 81.6 cm³/mol. The predicted octanol–water partition coefficient (Wildman–Crippen LogP) is -0.358. The molecule has 2 fully saturated rings. The fraction of sp³-hybridized carbons (Fsp3) is 0.867. The highest BCUT2D eigenvalue weighted by Gasteiger charge is 2.35. The molecule has 1 saturated carbocycles. The molecule has 1 aliphatic carbocycles. The molecule has 1 aliphatic heterocycles. The molecule has 6 nitrogen and oxygen atoms in total. The van der Waals surface area contributed by atoms with Gasteiger partial charge in [-0.25, -0.2) is 0 Å². The first-order chi connectivity index (χ1) is 10.2. The molecule has 2 rings (SSSR count). The lowest BCUT2D eigenvalue weighted by molar-refractivity contribution is -0.138. The number of nitrogens with zero attached hydrogens (tertiary/aromatic N) is 2. The van der Waals surface area contributed by atoms with Gasteiger partial charge in [-0.1, -0.05) is 6.42 Å². The molecule has 0 spiro atoms. The number of amides is 2. The molecular weight excluding hydrogens is 268 g/mol. The molecule has 0 aromatic rings. The van der Waals surface area contributed by atoms with Crippen molar-refractivity contribution >= 4 is 11.8 Å². The van der Waals surface area contributed by atoms with Gasteiger partial charge in [0, 0.05) is 38.6 Å². The maximum Gasteiger partial charge on any atom is 0.234 e. The van der Waals surface area contributed by atoms with Crippen LogP contribution in [0.1, 0.15) is 26.2 Å². The molecule has 3 N–H and O–H groups in total. The van der Waals surface area contributed by atoms with Gasteiger partial charge in [0.1, 0.15) is 0 Å². The summed E-state index contributed by atoms with van der Waals surface area (Å²) in [6, 6.07) is 0. The number of rotatable bonds is 5. The number of hydrogen-bond donors (Lipinski definition) is 2. The van der Waals surface area contributed by atoms with Gasteiger partial charge in [-0.15, -0.1) is 0 Å². The molecule has 0 unspecified atom stereocenters. The number of carbonyl (C=O) groups is 2. The fourth-order valence-electron chi connectivity index (χ4n) is 3.46. The van der Waals surface area contributed by atoms with Gasteiger partial charge in [0.05, 0.1) is 6.54 Å². The van der Waals surface area contributed by atoms with Crippen molar-refractivity contribution in [2.45, 2.75) is 26.2 Å². The van der Waals surface area contributed by atoms with Crippen molar-refractivity contribution in [3.8, 4) is 0 Å². The molecular formula is C15H28N4O2. The summed E-state index contributed by atoms with van der Waals surface area (Å²) in [5, 5.41) is 2.81. The van der Waals surface area contributed by atoms with Crippen molar-refractivity contribution in [1.29, 1.82) is 0 Å². The summed E-state index contributed by atoms with van der Waals surface area (Å²) in [6.07, 6.45) is 3.19. The molecule has 2 amide bonds. The van der Waals surface area contributed by atoms with Crippen molar-refractivity contribution in [3.05, 3.63) is 0 Å². The summed E-state index contributed by atoms with van der Waals surface area (Å²) in [5.41, 5.74) is 5.77. The highest BCUT2D eigenvalue weighted by atomic mass is 16.2. The van der Waals surface area contributed by atoms with E-state index in [9.17, 15) is 9.59 Å². The van der Waals surface area contributed by atoms with Gasteiger partial charge in [0.2, 0.25) is 11.8 Å². The highest BCUT2D eigenvalue weighted by molar-refractivity contribution is 5.80. The van der Waals surface area contributed by atoms with Gasteiger partial charge < -0.3 is 16.0 Å². The van der Waals surface area contributed by atoms with E-state index in [4.69, 9.17) is 5.73 Å². The fourth-order valence-corrected chi connectivity index (χ4v) is 3.46. The largest absolute Gasteiger partial charge is 0.355 e. The minimum atomic E-state index is 0.0660. The van der Waals surface area contributed by atoms with Gasteiger partial charge in [-0.3, -0.25) is 14.5 Å². The summed E-state index contributed by atoms with van der Waals surface area (Å²) in [6.45, 7) is 6.66. The van der Waals surface area contributed by atoms with Crippen LogP contribution < -0.4 is 11.1 Å². The van der Waals surface area contributed by atoms with Crippen LogP contribution >= 0.6 is 0 Å². The maximum absolute atomic E-state index is 12.6. The number of nitrogens with two attached hydrogens (primary N) is 1. The Morgan fingerprint density at radius 3 is 2.52 bits per heavy atom. The average molecular weight is 296 g/mol. The van der Waals surface area contributed by atoms with Crippen LogP contribution in [0.3, 0.4) is 0 Å². The smallest absolute Gasteiger partial charge is 0.234 e. The lowest BCUT2D eigenvalue weighted by Gasteiger charge is -2.36. The summed E-state index contributed by atoms with van der Waals surface area (Å²) < 4.78 is 0. The monoisotopic (exact) mass is 296 g/mol. The summed E-state index contributed by atoms with van der Waals surface area (Å²) >= 11 is 0. The van der Waals surface area contributed by atoms with E-state index in [0.717, 1.165) is 45.4 Å². The molecule has 0 bridgehead atoms. The van der Waals surface area contributed by atoms with E-state index >= 15 is 0 Å². The van der Waals surface area contributed by atoms with Crippen LogP contribution in [-0.4, -0.2) is 67.4 Å². The molecule has 1 saturated heterocycles. The van der Waals surface area contributed by atoms with E-state index in [1.165, 1.54) is 0 Å². The zero-order chi connectivity index (χ0) is 15.2. The molecule has 0 aromatic carbocycles. The van der Waals surface area contributed by atoms with Gasteiger partial charge in [-0.2, -0.15) is 0 Å². The second kappa shape index (κ2) is 7.75. The van der Waals surface area contributed by atoms with Crippen LogP contribution in [0, 0.1) is 11.8 Å². The molecule has 0 aromatic heterocycles. The van der Waals surface area contributed by atoms with Gasteiger partial charge in [-0.05, 0) is 32.2 Å². The van der Waals surface area contributed by atoms with Crippen molar-refractivity contribution in [2.75, 3.05) is 45.8 Å². The van der Waals surface area contributed by atoms with Crippen LogP contribution in [0.25, 0.3) is 0 Å². The number of nitrogens with one attached hydrogen (secondary N) is 1. The van der Waals surface area contributed by atoms with Crippen LogP contribution in [0.5, 0.6) is 0 Å². The van der Waals surface area contributed by atoms with E-state index < -0.39 is 0 Å². The molecule has 6 heteroatoms. The average Bonchev–Trinajstić information content (AvgIpc) is 2.96. The minimum Gasteiger partial charge on any atom is -0.355 e. The first kappa shape index (κ1) is 16.2. The Morgan fingerprint density at radius 2 is 1.90 bits per heavy atom. The Labute approximate surface area is 127 Å². The van der Waals surface area contributed by atoms with Crippen molar-refractivity contribution in [2.24, 2.45) is 17.6 Å². The Morgan fingerprint density at radius 1 is 1.19 bits per heavy atom. The normalized spacial score (nSPS) is 26.9. The Balaban J connectivity index is 1.78. The number of carbonyl (C=O) groups excluding carboxylic acids is 2. The zero-order valence-corrected chi connectivity index (χ0v) is 13.0. The van der Waals surface area contributed by atoms with Crippen LogP contribution in [0.2, 0.25) is 0 Å². The van der Waals surface area contributed by atoms with Crippen LogP contribution in [0.15, 0.2) is 0 Å². The minimum absolute atomic E-state index is 0.0660. The number of hydrogen-bond acceptors (Lipinski definition) is 4. The Hall–Kier alpha value is -1.14. The molecule has 2 aliphatic rings. The Bertz CT molecular complexity index is 367. The topological polar surface area (TPSA) is 78.7 Å². The third-order valence-electron chi connectivity index (χ3n) is 4.70. The third-order valence-corrected chi connectivity index (χ3v) is 4.70. The van der Waals surface area contributed by atoms with E-state index in [2.05, 4.69) is 10.2 Å². The number of likely N-dealkylation sites (N-methyl/N-ethyl adjacent to an activating group) is 1. The lowest BCUT2D eigenvalue weighted by atomic mass is 9.94. The molecule has 1 heterocycles.